The van der Waals surface area contributed by atoms with Crippen molar-refractivity contribution in [3.05, 3.63) is 0 Å². The van der Waals surface area contributed by atoms with Crippen molar-refractivity contribution in [1.82, 2.24) is 0 Å². The molecule has 0 aliphatic rings. The Kier molecular flexibility index (Phi) is 15.7. The van der Waals surface area contributed by atoms with Crippen molar-refractivity contribution in [1.29, 1.82) is 10.5 Å². The number of rotatable bonds is 6. The van der Waals surface area contributed by atoms with E-state index in [1.165, 1.54) is 12.5 Å². The van der Waals surface area contributed by atoms with Crippen LogP contribution in [0.25, 0.3) is 0 Å². The molecule has 0 heterocycles. The molecule has 0 aromatic rings. The molecule has 0 saturated carbocycles. The molecule has 6 nitrogen and oxygen atoms in total. The first-order valence-corrected chi connectivity index (χ1v) is 3.91. The normalized spacial score (nSPS) is 7.31. The third-order valence-electron chi connectivity index (χ3n) is 0.605. The standard InChI is InChI=1S/C4H4BBrN2O4.K.H/c6-1-2-11-12-5(9-3-7)10-4-8;;/h1-2H2;;/q;+1;-1. The first-order valence-electron chi connectivity index (χ1n) is 2.79. The number of hydrogen-bond donors (Lipinski definition) is 0. The molecule has 0 fully saturated rings. The maximum absolute atomic E-state index is 8.01. The van der Waals surface area contributed by atoms with Crippen LogP contribution in [0.3, 0.4) is 0 Å². The van der Waals surface area contributed by atoms with Gasteiger partial charge in [0.2, 0.25) is 0 Å². The second-order valence-corrected chi connectivity index (χ2v) is 2.11. The molecule has 0 atom stereocenters. The second kappa shape index (κ2) is 12.7. The van der Waals surface area contributed by atoms with Gasteiger partial charge in [0.05, 0.1) is 6.61 Å². The molecule has 0 saturated heterocycles. The molecular weight excluding hydrogens is 270 g/mol. The Bertz CT molecular complexity index is 185. The van der Waals surface area contributed by atoms with Crippen molar-refractivity contribution in [2.45, 2.75) is 0 Å². The minimum absolute atomic E-state index is 0. The number of nitrogens with zero attached hydrogens (tertiary/aromatic N) is 2. The van der Waals surface area contributed by atoms with E-state index in [1.807, 2.05) is 0 Å². The Morgan fingerprint density at radius 1 is 1.31 bits per heavy atom. The molecule has 0 spiro atoms. The molecule has 13 heavy (non-hydrogen) atoms. The minimum Gasteiger partial charge on any atom is -1.00 e. The van der Waals surface area contributed by atoms with Gasteiger partial charge in [0.15, 0.2) is 0 Å². The summed E-state index contributed by atoms with van der Waals surface area (Å²) in [6.45, 7) is 0.250. The summed E-state index contributed by atoms with van der Waals surface area (Å²) in [5, 5.41) is 16.6. The van der Waals surface area contributed by atoms with Gasteiger partial charge in [0.25, 0.3) is 12.5 Å². The molecule has 0 aliphatic heterocycles. The van der Waals surface area contributed by atoms with Crippen LogP contribution in [0.2, 0.25) is 0 Å². The number of alkyl halides is 1. The summed E-state index contributed by atoms with van der Waals surface area (Å²) in [5.41, 5.74) is 0. The number of halogens is 1. The fourth-order valence-corrected chi connectivity index (χ4v) is 0.417. The van der Waals surface area contributed by atoms with Crippen molar-refractivity contribution < 1.29 is 71.8 Å². The van der Waals surface area contributed by atoms with Gasteiger partial charge in [-0.2, -0.15) is 10.5 Å². The molecule has 0 radical (unpaired) electrons. The summed E-state index contributed by atoms with van der Waals surface area (Å²) in [5.74, 6) is 0. The van der Waals surface area contributed by atoms with Crippen LogP contribution in [0.5, 0.6) is 0 Å². The summed E-state index contributed by atoms with van der Waals surface area (Å²) in [4.78, 5) is 8.79. The number of nitriles is 2. The quantitative estimate of drug-likeness (QED) is 0.132. The van der Waals surface area contributed by atoms with Gasteiger partial charge in [0, 0.05) is 5.33 Å². The van der Waals surface area contributed by atoms with Gasteiger partial charge in [0.1, 0.15) is 0 Å². The second-order valence-electron chi connectivity index (χ2n) is 1.31. The van der Waals surface area contributed by atoms with Crippen LogP contribution in [0, 0.1) is 23.0 Å². The van der Waals surface area contributed by atoms with E-state index in [9.17, 15) is 0 Å². The predicted molar refractivity (Wildman–Crippen MR) is 41.1 cm³/mol. The van der Waals surface area contributed by atoms with E-state index in [-0.39, 0.29) is 59.4 Å². The molecule has 0 aromatic carbocycles. The third-order valence-corrected chi connectivity index (χ3v) is 0.929. The van der Waals surface area contributed by atoms with E-state index in [0.717, 1.165) is 0 Å². The van der Waals surface area contributed by atoms with Crippen LogP contribution < -0.4 is 51.4 Å². The molecule has 0 aliphatic carbocycles. The van der Waals surface area contributed by atoms with Gasteiger partial charge in [-0.3, -0.25) is 0 Å². The van der Waals surface area contributed by atoms with Crippen LogP contribution in [-0.2, 0) is 19.0 Å². The fourth-order valence-electron chi connectivity index (χ4n) is 0.285. The van der Waals surface area contributed by atoms with Gasteiger partial charge in [-0.05, 0) is 0 Å². The Balaban J connectivity index is -0.000000605. The molecule has 0 aromatic heterocycles. The Hall–Kier alpha value is 0.681. The molecular formula is C4H5BBrKN2O4. The van der Waals surface area contributed by atoms with E-state index in [2.05, 4.69) is 34.9 Å². The van der Waals surface area contributed by atoms with Crippen LogP contribution in [0.1, 0.15) is 1.43 Å². The van der Waals surface area contributed by atoms with Gasteiger partial charge in [-0.25, -0.2) is 9.69 Å². The monoisotopic (exact) mass is 274 g/mol. The molecule has 0 N–H and O–H groups in total. The summed E-state index contributed by atoms with van der Waals surface area (Å²) in [7, 11) is -1.43. The van der Waals surface area contributed by atoms with E-state index < -0.39 is 7.32 Å². The summed E-state index contributed by atoms with van der Waals surface area (Å²) < 4.78 is 8.25. The first kappa shape index (κ1) is 16.1. The Morgan fingerprint density at radius 3 is 2.23 bits per heavy atom. The van der Waals surface area contributed by atoms with Crippen molar-refractivity contribution in [3.63, 3.8) is 0 Å². The largest absolute Gasteiger partial charge is 1.00 e. The van der Waals surface area contributed by atoms with Crippen molar-refractivity contribution >= 4 is 23.3 Å². The van der Waals surface area contributed by atoms with E-state index in [4.69, 9.17) is 10.5 Å². The van der Waals surface area contributed by atoms with E-state index in [1.54, 1.807) is 0 Å². The summed E-state index contributed by atoms with van der Waals surface area (Å²) in [6.07, 6.45) is 2.57. The van der Waals surface area contributed by atoms with E-state index in [0.29, 0.717) is 5.33 Å². The van der Waals surface area contributed by atoms with Gasteiger partial charge < -0.3 is 10.7 Å². The maximum Gasteiger partial charge on any atom is 1.00 e. The van der Waals surface area contributed by atoms with Crippen LogP contribution in [0.15, 0.2) is 0 Å². The molecule has 0 unspecified atom stereocenters. The zero-order chi connectivity index (χ0) is 9.23. The van der Waals surface area contributed by atoms with Crippen LogP contribution in [-0.4, -0.2) is 19.3 Å². The Morgan fingerprint density at radius 2 is 1.85 bits per heavy atom. The summed E-state index contributed by atoms with van der Waals surface area (Å²) >= 11 is 3.06. The van der Waals surface area contributed by atoms with E-state index >= 15 is 0 Å². The zero-order valence-corrected chi connectivity index (χ0v) is 11.6. The van der Waals surface area contributed by atoms with Crippen molar-refractivity contribution in [3.8, 4) is 12.5 Å². The molecule has 0 bridgehead atoms. The molecule has 66 valence electrons. The molecule has 0 amide bonds. The fraction of sp³-hybridized carbons (Fsp3) is 0.500. The average Bonchev–Trinajstić information content (AvgIpc) is 2.06. The predicted octanol–water partition coefficient (Wildman–Crippen LogP) is -2.57. The zero-order valence-electron chi connectivity index (χ0n) is 7.90. The van der Waals surface area contributed by atoms with Gasteiger partial charge in [-0.15, -0.1) is 0 Å². The minimum atomic E-state index is -1.43. The first-order chi connectivity index (χ1) is 5.85. The average molecular weight is 275 g/mol. The maximum atomic E-state index is 8.01. The third kappa shape index (κ3) is 10.6. The van der Waals surface area contributed by atoms with Gasteiger partial charge >= 0.3 is 58.7 Å². The molecule has 0 rings (SSSR count). The van der Waals surface area contributed by atoms with Crippen molar-refractivity contribution in [2.24, 2.45) is 0 Å². The topological polar surface area (TPSA) is 84.5 Å². The molecule has 9 heteroatoms. The van der Waals surface area contributed by atoms with Crippen LogP contribution >= 0.6 is 15.9 Å². The van der Waals surface area contributed by atoms with Crippen molar-refractivity contribution in [2.75, 3.05) is 11.9 Å². The van der Waals surface area contributed by atoms with Gasteiger partial charge in [-0.1, -0.05) is 15.9 Å². The van der Waals surface area contributed by atoms with Crippen LogP contribution in [0.4, 0.5) is 0 Å². The summed E-state index contributed by atoms with van der Waals surface area (Å²) in [6, 6.07) is 0. The Labute approximate surface area is 128 Å². The number of hydrogen-bond acceptors (Lipinski definition) is 6. The smallest absolute Gasteiger partial charge is 1.00 e. The SMILES string of the molecule is N#COB(OC#N)OOCCBr.[H-].[K+].